The number of benzene rings is 1. The highest BCUT2D eigenvalue weighted by Gasteiger charge is 2.20. The van der Waals surface area contributed by atoms with Crippen molar-refractivity contribution in [3.63, 3.8) is 0 Å². The molecule has 0 saturated heterocycles. The summed E-state index contributed by atoms with van der Waals surface area (Å²) in [5.41, 5.74) is 8.72. The third-order valence-electron chi connectivity index (χ3n) is 3.11. The topological polar surface area (TPSA) is 72.2 Å². The summed E-state index contributed by atoms with van der Waals surface area (Å²) < 4.78 is 28.2. The van der Waals surface area contributed by atoms with Gasteiger partial charge in [-0.1, -0.05) is 6.07 Å². The van der Waals surface area contributed by atoms with Crippen molar-refractivity contribution in [2.45, 2.75) is 25.7 Å². The first-order chi connectivity index (χ1) is 9.22. The zero-order valence-corrected chi connectivity index (χ0v) is 14.5. The summed E-state index contributed by atoms with van der Waals surface area (Å²) >= 11 is 4.69. The first kappa shape index (κ1) is 15.3. The molecule has 2 aromatic rings. The van der Waals surface area contributed by atoms with Crippen molar-refractivity contribution < 1.29 is 8.42 Å². The predicted molar refractivity (Wildman–Crippen MR) is 87.9 cm³/mol. The average Bonchev–Trinajstić information content (AvgIpc) is 2.70. The molecule has 3 N–H and O–H groups in total. The Labute approximate surface area is 131 Å². The summed E-state index contributed by atoms with van der Waals surface area (Å²) in [5.74, 6) is 0. The van der Waals surface area contributed by atoms with Crippen LogP contribution in [0.15, 0.2) is 26.9 Å². The standard InChI is InChI=1S/C13H15BrN2O2S2/c1-7-4-5-10(8(2)13(7)15)16-20(17,18)11-6-12(14)19-9(11)3/h4-6,16H,15H2,1-3H3. The maximum absolute atomic E-state index is 12.4. The van der Waals surface area contributed by atoms with Crippen molar-refractivity contribution in [1.82, 2.24) is 0 Å². The van der Waals surface area contributed by atoms with E-state index in [1.54, 1.807) is 32.0 Å². The maximum atomic E-state index is 12.4. The van der Waals surface area contributed by atoms with Crippen molar-refractivity contribution in [1.29, 1.82) is 0 Å². The van der Waals surface area contributed by atoms with Gasteiger partial charge < -0.3 is 5.73 Å². The first-order valence-corrected chi connectivity index (χ1v) is 8.96. The fourth-order valence-corrected chi connectivity index (χ4v) is 5.41. The molecular formula is C13H15BrN2O2S2. The minimum atomic E-state index is -3.60. The van der Waals surface area contributed by atoms with Gasteiger partial charge in [0.1, 0.15) is 4.90 Å². The number of aryl methyl sites for hydroxylation is 2. The number of thiophene rings is 1. The molecular weight excluding hydrogens is 360 g/mol. The molecule has 7 heteroatoms. The molecule has 0 aliphatic carbocycles. The Morgan fingerprint density at radius 2 is 1.90 bits per heavy atom. The molecule has 0 radical (unpaired) electrons. The smallest absolute Gasteiger partial charge is 0.263 e. The van der Waals surface area contributed by atoms with Crippen LogP contribution in [0.25, 0.3) is 0 Å². The van der Waals surface area contributed by atoms with Gasteiger partial charge in [-0.15, -0.1) is 11.3 Å². The fraction of sp³-hybridized carbons (Fsp3) is 0.231. The number of anilines is 2. The van der Waals surface area contributed by atoms with Crippen molar-refractivity contribution in [3.05, 3.63) is 38.0 Å². The monoisotopic (exact) mass is 374 g/mol. The van der Waals surface area contributed by atoms with Gasteiger partial charge in [-0.05, 0) is 60.0 Å². The van der Waals surface area contributed by atoms with E-state index < -0.39 is 10.0 Å². The van der Waals surface area contributed by atoms with Gasteiger partial charge in [0.2, 0.25) is 0 Å². The number of nitrogens with one attached hydrogen (secondary N) is 1. The fourth-order valence-electron chi connectivity index (χ4n) is 1.87. The van der Waals surface area contributed by atoms with E-state index in [0.29, 0.717) is 11.4 Å². The van der Waals surface area contributed by atoms with Gasteiger partial charge in [0.25, 0.3) is 10.0 Å². The number of hydrogen-bond acceptors (Lipinski definition) is 4. The van der Waals surface area contributed by atoms with Crippen LogP contribution in [0.4, 0.5) is 11.4 Å². The van der Waals surface area contributed by atoms with Crippen LogP contribution in [0.2, 0.25) is 0 Å². The van der Waals surface area contributed by atoms with Crippen LogP contribution >= 0.6 is 27.3 Å². The van der Waals surface area contributed by atoms with E-state index in [9.17, 15) is 8.42 Å². The summed E-state index contributed by atoms with van der Waals surface area (Å²) in [6, 6.07) is 5.14. The largest absolute Gasteiger partial charge is 0.398 e. The summed E-state index contributed by atoms with van der Waals surface area (Å²) in [5, 5.41) is 0. The second kappa shape index (κ2) is 5.38. The van der Waals surface area contributed by atoms with Gasteiger partial charge in [-0.2, -0.15) is 0 Å². The molecule has 0 fully saturated rings. The maximum Gasteiger partial charge on any atom is 0.263 e. The zero-order chi connectivity index (χ0) is 15.1. The molecule has 1 heterocycles. The quantitative estimate of drug-likeness (QED) is 0.802. The summed E-state index contributed by atoms with van der Waals surface area (Å²) in [6.45, 7) is 5.47. The number of halogens is 1. The minimum Gasteiger partial charge on any atom is -0.398 e. The molecule has 0 atom stereocenters. The minimum absolute atomic E-state index is 0.285. The van der Waals surface area contributed by atoms with Crippen LogP contribution in [0.5, 0.6) is 0 Å². The van der Waals surface area contributed by atoms with Gasteiger partial charge in [0.15, 0.2) is 0 Å². The van der Waals surface area contributed by atoms with Gasteiger partial charge >= 0.3 is 0 Å². The number of rotatable bonds is 3. The van der Waals surface area contributed by atoms with E-state index in [0.717, 1.165) is 19.8 Å². The number of hydrogen-bond donors (Lipinski definition) is 2. The summed E-state index contributed by atoms with van der Waals surface area (Å²) in [4.78, 5) is 1.02. The Morgan fingerprint density at radius 1 is 1.25 bits per heavy atom. The normalized spacial score (nSPS) is 11.6. The van der Waals surface area contributed by atoms with Crippen LogP contribution in [0, 0.1) is 20.8 Å². The van der Waals surface area contributed by atoms with Crippen LogP contribution < -0.4 is 10.5 Å². The predicted octanol–water partition coefficient (Wildman–Crippen LogP) is 3.82. The van der Waals surface area contributed by atoms with E-state index >= 15 is 0 Å². The van der Waals surface area contributed by atoms with Gasteiger partial charge in [0.05, 0.1) is 9.47 Å². The molecule has 0 aliphatic rings. The highest BCUT2D eigenvalue weighted by molar-refractivity contribution is 9.11. The number of sulfonamides is 1. The lowest BCUT2D eigenvalue weighted by Crippen LogP contribution is -2.14. The average molecular weight is 375 g/mol. The third-order valence-corrected chi connectivity index (χ3v) is 6.28. The molecule has 0 saturated carbocycles. The van der Waals surface area contributed by atoms with Crippen LogP contribution in [-0.2, 0) is 10.0 Å². The summed E-state index contributed by atoms with van der Waals surface area (Å²) in [7, 11) is -3.60. The van der Waals surface area contributed by atoms with Gasteiger partial charge in [0, 0.05) is 10.6 Å². The molecule has 2 rings (SSSR count). The van der Waals surface area contributed by atoms with Crippen LogP contribution in [0.1, 0.15) is 16.0 Å². The molecule has 0 bridgehead atoms. The van der Waals surface area contributed by atoms with E-state index in [1.165, 1.54) is 11.3 Å². The Bertz CT molecular complexity index is 767. The molecule has 0 aliphatic heterocycles. The van der Waals surface area contributed by atoms with E-state index in [1.807, 2.05) is 6.92 Å². The van der Waals surface area contributed by atoms with Crippen molar-refractivity contribution >= 4 is 48.7 Å². The molecule has 1 aromatic heterocycles. The van der Waals surface area contributed by atoms with Gasteiger partial charge in [-0.3, -0.25) is 4.72 Å². The molecule has 4 nitrogen and oxygen atoms in total. The van der Waals surface area contributed by atoms with Crippen molar-refractivity contribution in [2.75, 3.05) is 10.5 Å². The highest BCUT2D eigenvalue weighted by Crippen LogP contribution is 2.32. The van der Waals surface area contributed by atoms with E-state index in [2.05, 4.69) is 20.7 Å². The van der Waals surface area contributed by atoms with E-state index in [-0.39, 0.29) is 4.90 Å². The molecule has 108 valence electrons. The number of nitrogens with two attached hydrogens (primary N) is 1. The third kappa shape index (κ3) is 2.84. The Balaban J connectivity index is 2.44. The van der Waals surface area contributed by atoms with Gasteiger partial charge in [-0.25, -0.2) is 8.42 Å². The molecule has 0 amide bonds. The Hall–Kier alpha value is -1.05. The number of nitrogen functional groups attached to an aromatic ring is 1. The lowest BCUT2D eigenvalue weighted by molar-refractivity contribution is 0.601. The second-order valence-corrected chi connectivity index (χ2v) is 8.83. The molecule has 1 aromatic carbocycles. The summed E-state index contributed by atoms with van der Waals surface area (Å²) in [6.07, 6.45) is 0. The Kier molecular flexibility index (Phi) is 4.13. The lowest BCUT2D eigenvalue weighted by Gasteiger charge is -2.13. The molecule has 0 spiro atoms. The van der Waals surface area contributed by atoms with Crippen LogP contribution in [-0.4, -0.2) is 8.42 Å². The van der Waals surface area contributed by atoms with Crippen molar-refractivity contribution in [2.24, 2.45) is 0 Å². The second-order valence-electron chi connectivity index (χ2n) is 4.55. The van der Waals surface area contributed by atoms with Crippen molar-refractivity contribution in [3.8, 4) is 0 Å². The first-order valence-electron chi connectivity index (χ1n) is 5.87. The van der Waals surface area contributed by atoms with E-state index in [4.69, 9.17) is 5.73 Å². The van der Waals surface area contributed by atoms with Crippen LogP contribution in [0.3, 0.4) is 0 Å². The lowest BCUT2D eigenvalue weighted by atomic mass is 10.1. The highest BCUT2D eigenvalue weighted by atomic mass is 79.9. The molecule has 0 unspecified atom stereocenters. The Morgan fingerprint density at radius 3 is 2.45 bits per heavy atom. The molecule has 20 heavy (non-hydrogen) atoms. The zero-order valence-electron chi connectivity index (χ0n) is 11.3. The SMILES string of the molecule is Cc1ccc(NS(=O)(=O)c2cc(Br)sc2C)c(C)c1N.